The summed E-state index contributed by atoms with van der Waals surface area (Å²) in [6.45, 7) is 10.2. The number of carbonyl (C=O) groups is 3. The van der Waals surface area contributed by atoms with Gasteiger partial charge in [-0.15, -0.1) is 0 Å². The molecule has 0 aliphatic carbocycles. The van der Waals surface area contributed by atoms with Crippen LogP contribution in [0.4, 0.5) is 11.4 Å². The molecule has 1 unspecified atom stereocenters. The van der Waals surface area contributed by atoms with Crippen molar-refractivity contribution in [1.29, 1.82) is 0 Å². The number of hydrogen-bond donors (Lipinski definition) is 3. The van der Waals surface area contributed by atoms with Crippen LogP contribution in [0.2, 0.25) is 0 Å². The number of aromatic nitrogens is 1. The molecule has 1 heterocycles. The number of hydrogen-bond acceptors (Lipinski definition) is 8. The van der Waals surface area contributed by atoms with E-state index in [2.05, 4.69) is 9.69 Å². The van der Waals surface area contributed by atoms with E-state index in [1.54, 1.807) is 48.5 Å². The van der Waals surface area contributed by atoms with Crippen molar-refractivity contribution >= 4 is 40.6 Å². The third kappa shape index (κ3) is 6.60. The van der Waals surface area contributed by atoms with Crippen LogP contribution in [0.15, 0.2) is 48.5 Å². The average molecular weight is 540 g/mol. The minimum atomic E-state index is -1.10. The van der Waals surface area contributed by atoms with E-state index in [1.165, 1.54) is 4.90 Å². The van der Waals surface area contributed by atoms with Crippen LogP contribution in [-0.2, 0) is 4.79 Å². The molecule has 0 fully saturated rings. The summed E-state index contributed by atoms with van der Waals surface area (Å²) in [6.07, 6.45) is 0. The predicted molar refractivity (Wildman–Crippen MR) is 148 cm³/mol. The van der Waals surface area contributed by atoms with Crippen LogP contribution in [0.25, 0.3) is 0 Å². The van der Waals surface area contributed by atoms with Crippen LogP contribution in [0.1, 0.15) is 66.4 Å². The number of rotatable bonds is 10. The van der Waals surface area contributed by atoms with E-state index in [0.717, 1.165) is 11.5 Å². The van der Waals surface area contributed by atoms with Crippen LogP contribution in [0.5, 0.6) is 11.5 Å². The molecule has 10 nitrogen and oxygen atoms in total. The van der Waals surface area contributed by atoms with E-state index in [0.29, 0.717) is 36.0 Å². The summed E-state index contributed by atoms with van der Waals surface area (Å²) in [5, 5.41) is 2.98. The zero-order valence-corrected chi connectivity index (χ0v) is 22.9. The molecule has 0 saturated carbocycles. The van der Waals surface area contributed by atoms with E-state index in [9.17, 15) is 14.4 Å². The Labute approximate surface area is 226 Å². The van der Waals surface area contributed by atoms with Gasteiger partial charge in [0.05, 0.1) is 18.9 Å². The van der Waals surface area contributed by atoms with Gasteiger partial charge in [-0.25, -0.2) is 0 Å². The van der Waals surface area contributed by atoms with E-state index < -0.39 is 29.3 Å². The molecule has 5 N–H and O–H groups in total. The maximum absolute atomic E-state index is 14.1. The first-order valence-corrected chi connectivity index (χ1v) is 12.9. The molecule has 1 aromatic heterocycles. The Balaban J connectivity index is 2.21. The number of ether oxygens (including phenoxy) is 2. The number of primary amides is 1. The SMILES string of the molecule is CCOc1ccc(C(C(=O)NC(C)(C)C)N(C(=O)c2snc(C(N)=O)c2N)c2ccc(OCC)cc2)cc1. The van der Waals surface area contributed by atoms with Gasteiger partial charge in [-0.2, -0.15) is 4.37 Å². The number of nitrogens with one attached hydrogen (secondary N) is 1. The minimum absolute atomic E-state index is 0.00724. The second-order valence-corrected chi connectivity index (χ2v) is 10.2. The average Bonchev–Trinajstić information content (AvgIpc) is 3.24. The number of benzene rings is 2. The first kappa shape index (κ1) is 28.5. The molecular formula is C27H33N5O5S. The van der Waals surface area contributed by atoms with Crippen molar-refractivity contribution in [1.82, 2.24) is 9.69 Å². The molecule has 202 valence electrons. The van der Waals surface area contributed by atoms with E-state index in [1.807, 2.05) is 34.6 Å². The van der Waals surface area contributed by atoms with Gasteiger partial charge in [-0.3, -0.25) is 19.3 Å². The lowest BCUT2D eigenvalue weighted by atomic mass is 10.00. The zero-order valence-electron chi connectivity index (χ0n) is 22.1. The lowest BCUT2D eigenvalue weighted by Gasteiger charge is -2.33. The van der Waals surface area contributed by atoms with Gasteiger partial charge in [-0.1, -0.05) is 12.1 Å². The third-order valence-corrected chi connectivity index (χ3v) is 6.16. The molecule has 0 aliphatic heterocycles. The van der Waals surface area contributed by atoms with Crippen LogP contribution in [0, 0.1) is 0 Å². The molecule has 0 saturated heterocycles. The minimum Gasteiger partial charge on any atom is -0.494 e. The third-order valence-electron chi connectivity index (χ3n) is 5.31. The highest BCUT2D eigenvalue weighted by Gasteiger charge is 2.37. The predicted octanol–water partition coefficient (Wildman–Crippen LogP) is 3.92. The van der Waals surface area contributed by atoms with E-state index in [-0.39, 0.29) is 16.3 Å². The normalized spacial score (nSPS) is 11.9. The summed E-state index contributed by atoms with van der Waals surface area (Å²) < 4.78 is 15.1. The van der Waals surface area contributed by atoms with Crippen LogP contribution in [0.3, 0.4) is 0 Å². The number of nitrogens with zero attached hydrogens (tertiary/aromatic N) is 2. The van der Waals surface area contributed by atoms with Crippen molar-refractivity contribution in [2.75, 3.05) is 23.8 Å². The molecule has 2 aromatic carbocycles. The summed E-state index contributed by atoms with van der Waals surface area (Å²) in [6, 6.07) is 12.6. The second kappa shape index (κ2) is 12.0. The number of carbonyl (C=O) groups excluding carboxylic acids is 3. The molecule has 1 atom stereocenters. The van der Waals surface area contributed by atoms with Gasteiger partial charge in [0.25, 0.3) is 11.8 Å². The van der Waals surface area contributed by atoms with Crippen LogP contribution in [-0.4, -0.2) is 40.8 Å². The highest BCUT2D eigenvalue weighted by molar-refractivity contribution is 7.09. The lowest BCUT2D eigenvalue weighted by molar-refractivity contribution is -0.123. The van der Waals surface area contributed by atoms with Gasteiger partial charge in [0.15, 0.2) is 5.69 Å². The first-order chi connectivity index (χ1) is 18.0. The Morgan fingerprint density at radius 2 is 1.50 bits per heavy atom. The van der Waals surface area contributed by atoms with Gasteiger partial charge in [0.2, 0.25) is 5.91 Å². The van der Waals surface area contributed by atoms with Crippen molar-refractivity contribution in [3.63, 3.8) is 0 Å². The molecule has 0 spiro atoms. The summed E-state index contributed by atoms with van der Waals surface area (Å²) >= 11 is 0.750. The fourth-order valence-corrected chi connectivity index (χ4v) is 4.50. The standard InChI is InChI=1S/C27H33N5O5S/c1-6-36-18-12-8-16(9-13-18)22(25(34)30-27(3,4)5)32(17-10-14-19(15-11-17)37-7-2)26(35)23-20(28)21(24(29)33)31-38-23/h8-15,22H,6-7,28H2,1-5H3,(H2,29,33)(H,30,34). The molecule has 11 heteroatoms. The number of nitrogens with two attached hydrogens (primary N) is 2. The zero-order chi connectivity index (χ0) is 28.0. The summed E-state index contributed by atoms with van der Waals surface area (Å²) in [5.74, 6) is -0.641. The Bertz CT molecular complexity index is 1280. The molecule has 0 bridgehead atoms. The molecule has 3 aromatic rings. The Morgan fingerprint density at radius 1 is 0.974 bits per heavy atom. The summed E-state index contributed by atoms with van der Waals surface area (Å²) in [4.78, 5) is 41.0. The lowest BCUT2D eigenvalue weighted by Crippen LogP contribution is -2.49. The monoisotopic (exact) mass is 539 g/mol. The van der Waals surface area contributed by atoms with Gasteiger partial charge in [-0.05, 0) is 88.1 Å². The number of anilines is 2. The van der Waals surface area contributed by atoms with Crippen molar-refractivity contribution in [2.24, 2.45) is 5.73 Å². The fourth-order valence-electron chi connectivity index (χ4n) is 3.76. The summed E-state index contributed by atoms with van der Waals surface area (Å²) in [5.41, 5.74) is 11.5. The van der Waals surface area contributed by atoms with Crippen LogP contribution >= 0.6 is 11.5 Å². The molecule has 0 aliphatic rings. The van der Waals surface area contributed by atoms with E-state index >= 15 is 0 Å². The maximum atomic E-state index is 14.1. The number of amides is 3. The van der Waals surface area contributed by atoms with Crippen molar-refractivity contribution < 1.29 is 23.9 Å². The Kier molecular flexibility index (Phi) is 8.95. The molecule has 3 amide bonds. The topological polar surface area (TPSA) is 150 Å². The molecule has 3 rings (SSSR count). The second-order valence-electron chi connectivity index (χ2n) is 9.38. The quantitative estimate of drug-likeness (QED) is 0.353. The van der Waals surface area contributed by atoms with Gasteiger partial charge in [0.1, 0.15) is 22.4 Å². The highest BCUT2D eigenvalue weighted by atomic mass is 32.1. The van der Waals surface area contributed by atoms with Crippen molar-refractivity contribution in [3.05, 3.63) is 64.7 Å². The van der Waals surface area contributed by atoms with Gasteiger partial charge in [0, 0.05) is 11.2 Å². The fraction of sp³-hybridized carbons (Fsp3) is 0.333. The van der Waals surface area contributed by atoms with Crippen LogP contribution < -0.4 is 31.2 Å². The summed E-state index contributed by atoms with van der Waals surface area (Å²) in [7, 11) is 0. The molecular weight excluding hydrogens is 506 g/mol. The van der Waals surface area contributed by atoms with Gasteiger partial charge < -0.3 is 26.3 Å². The van der Waals surface area contributed by atoms with E-state index in [4.69, 9.17) is 20.9 Å². The van der Waals surface area contributed by atoms with Crippen molar-refractivity contribution in [3.8, 4) is 11.5 Å². The maximum Gasteiger partial charge on any atom is 0.273 e. The first-order valence-electron chi connectivity index (χ1n) is 12.1. The number of nitrogen functional groups attached to an aromatic ring is 1. The van der Waals surface area contributed by atoms with Crippen molar-refractivity contribution in [2.45, 2.75) is 46.2 Å². The molecule has 38 heavy (non-hydrogen) atoms. The van der Waals surface area contributed by atoms with Gasteiger partial charge >= 0.3 is 0 Å². The largest absolute Gasteiger partial charge is 0.494 e. The highest BCUT2D eigenvalue weighted by Crippen LogP contribution is 2.34. The molecule has 0 radical (unpaired) electrons. The Morgan fingerprint density at radius 3 is 1.95 bits per heavy atom. The Hall–Kier alpha value is -4.12. The smallest absolute Gasteiger partial charge is 0.273 e.